The molecule has 30 heteroatoms. The van der Waals surface area contributed by atoms with Crippen LogP contribution >= 0.6 is 15.2 Å². The molecule has 1 fully saturated rings. The molecule has 22 nitrogen and oxygen atoms in total. The van der Waals surface area contributed by atoms with Crippen molar-refractivity contribution in [2.75, 3.05) is 37.0 Å². The number of hydrogen-bond acceptors (Lipinski definition) is 16. The number of unbranched alkanes of at least 4 members (excludes halogenated alkanes) is 1. The van der Waals surface area contributed by atoms with Crippen LogP contribution in [0, 0.1) is 12.1 Å². The van der Waals surface area contributed by atoms with E-state index < -0.39 is 68.0 Å². The summed E-state index contributed by atoms with van der Waals surface area (Å²) < 4.78 is 132. The van der Waals surface area contributed by atoms with Crippen molar-refractivity contribution in [3.63, 3.8) is 0 Å². The van der Waals surface area contributed by atoms with Crippen LogP contribution in [-0.4, -0.2) is 130 Å². The molecule has 0 amide bonds. The average molecular weight is 1080 g/mol. The molecule has 2 atom stereocenters. The Labute approximate surface area is 461 Å². The number of nitrogens with zero attached hydrogens (tertiary/aromatic N) is 2. The van der Waals surface area contributed by atoms with Crippen LogP contribution in [0.3, 0.4) is 0 Å². The monoisotopic (exact) mass is 1070 g/mol. The van der Waals surface area contributed by atoms with Gasteiger partial charge in [-0.05, 0) is 50.1 Å². The SMILES string of the molecule is CC(=O)O.CC1=Nc2cc[c-]cc2C1(C)CCP(=O)(O)O.CC1=[N+](CCCCS(=O)(=O)[O-])c2cc[c-]cc2C1(C)CCP(=O)(O)O.O=S(=O)=O.O=S(=O)=O.O=S1(=O)CCCCO1.[K+].[K+]. The van der Waals surface area contributed by atoms with Gasteiger partial charge in [-0.2, -0.15) is 44.8 Å². The first kappa shape index (κ1) is 68.1. The van der Waals surface area contributed by atoms with Crippen LogP contribution in [0.2, 0.25) is 0 Å². The number of carboxylic acids is 1. The number of carbonyl (C=O) groups is 1. The van der Waals surface area contributed by atoms with Gasteiger partial charge in [-0.15, -0.1) is 42.9 Å². The molecule has 0 spiro atoms. The summed E-state index contributed by atoms with van der Waals surface area (Å²) in [6, 6.07) is 17.0. The zero-order chi connectivity index (χ0) is 48.3. The Morgan fingerprint density at radius 2 is 1.33 bits per heavy atom. The second kappa shape index (κ2) is 31.2. The maximum Gasteiger partial charge on any atom is 1.00 e. The molecule has 3 heterocycles. The van der Waals surface area contributed by atoms with Crippen LogP contribution in [0.4, 0.5) is 11.4 Å². The maximum absolute atomic E-state index is 11.3. The molecule has 2 aromatic rings. The maximum atomic E-state index is 11.3. The third-order valence-electron chi connectivity index (χ3n) is 9.34. The van der Waals surface area contributed by atoms with E-state index in [4.69, 9.17) is 44.9 Å². The number of aliphatic imine (C=N–C) groups is 1. The number of aliphatic carboxylic acids is 1. The Hall–Kier alpha value is -0.117. The van der Waals surface area contributed by atoms with Gasteiger partial charge in [-0.25, -0.2) is 13.0 Å². The Balaban J connectivity index is -0.000000819. The predicted molar refractivity (Wildman–Crippen MR) is 222 cm³/mol. The largest absolute Gasteiger partial charge is 1.00 e. The van der Waals surface area contributed by atoms with Crippen molar-refractivity contribution in [3.8, 4) is 0 Å². The molecule has 2 unspecified atom stereocenters. The molecule has 5 rings (SSSR count). The zero-order valence-electron chi connectivity index (χ0n) is 36.2. The fourth-order valence-electron chi connectivity index (χ4n) is 6.07. The first-order valence-electron chi connectivity index (χ1n) is 18.0. The van der Waals surface area contributed by atoms with Gasteiger partial charge in [0.2, 0.25) is 0 Å². The van der Waals surface area contributed by atoms with E-state index in [1.165, 1.54) is 0 Å². The number of hydrogen-bond donors (Lipinski definition) is 5. The van der Waals surface area contributed by atoms with E-state index >= 15 is 0 Å². The van der Waals surface area contributed by atoms with E-state index in [-0.39, 0.29) is 138 Å². The molecule has 0 radical (unpaired) electrons. The molecule has 0 aromatic heterocycles. The molecular formula is C34H50K2N2O20P2S4. The summed E-state index contributed by atoms with van der Waals surface area (Å²) in [5.74, 6) is -1.02. The molecule has 5 N–H and O–H groups in total. The van der Waals surface area contributed by atoms with Crippen LogP contribution in [0.5, 0.6) is 0 Å². The van der Waals surface area contributed by atoms with E-state index in [0.29, 0.717) is 32.4 Å². The van der Waals surface area contributed by atoms with Gasteiger partial charge in [0.25, 0.3) is 16.1 Å². The standard InChI is InChI=1S/C16H24NO6PS.C12H15NO3P.C4H8O3S.C2H4O2.2K.2O3S/c1-13-16(2,9-11-24(18,19)20)14-7-3-4-8-15(14)17(13)10-5-6-12-25(21,22)23;1-9-12(2,7-8-17(14,15)16)10-5-3-4-6-11(10)13-9;5-8(6)4-2-1-3-7-8;1-2(3)4;;;2*1-4(2)3/h4,7-8H,5-6,9-12H2,1-2H3,(H2,18,19,20)(H,21,22,23);4-6H,7-8H2,1-2H3,(H2,14,15,16);1-4H2;1H3,(H,3,4);;;;/q;-1;;;2*+1;;/p-1. The molecular weight excluding hydrogens is 1020 g/mol. The fourth-order valence-corrected chi connectivity index (χ4v) is 9.15. The van der Waals surface area contributed by atoms with E-state index in [1.54, 1.807) is 12.1 Å². The minimum absolute atomic E-state index is 0. The number of carboxylic acid groups (broad SMARTS) is 1. The van der Waals surface area contributed by atoms with Crippen molar-refractivity contribution in [2.45, 2.75) is 84.0 Å². The Morgan fingerprint density at radius 1 is 0.875 bits per heavy atom. The van der Waals surface area contributed by atoms with Crippen LogP contribution in [0.25, 0.3) is 0 Å². The summed E-state index contributed by atoms with van der Waals surface area (Å²) in [6.45, 7) is 9.75. The van der Waals surface area contributed by atoms with E-state index in [1.807, 2.05) is 56.5 Å². The first-order chi connectivity index (χ1) is 28.2. The van der Waals surface area contributed by atoms with Crippen LogP contribution in [0.1, 0.15) is 84.3 Å². The van der Waals surface area contributed by atoms with Crippen LogP contribution in [-0.2, 0) is 70.4 Å². The molecule has 2 aromatic carbocycles. The molecule has 352 valence electrons. The van der Waals surface area contributed by atoms with E-state index in [0.717, 1.165) is 53.7 Å². The topological polar surface area (TPSA) is 371 Å². The Kier molecular flexibility index (Phi) is 33.2. The average Bonchev–Trinajstić information content (AvgIpc) is 3.49. The normalized spacial score (nSPS) is 18.9. The summed E-state index contributed by atoms with van der Waals surface area (Å²) in [6.07, 6.45) is 2.81. The van der Waals surface area contributed by atoms with Crippen LogP contribution in [0.15, 0.2) is 41.4 Å². The first-order valence-corrected chi connectivity index (χ1v) is 26.7. The van der Waals surface area contributed by atoms with Gasteiger partial charge in [0.15, 0.2) is 5.71 Å². The second-order valence-electron chi connectivity index (χ2n) is 13.9. The third kappa shape index (κ3) is 28.4. The molecule has 64 heavy (non-hydrogen) atoms. The fraction of sp³-hybridized carbons (Fsp3) is 0.559. The Bertz CT molecular complexity index is 2420. The quantitative estimate of drug-likeness (QED) is 0.0276. The van der Waals surface area contributed by atoms with Gasteiger partial charge in [-0.1, -0.05) is 19.4 Å². The second-order valence-corrected chi connectivity index (χ2v) is 21.6. The summed E-state index contributed by atoms with van der Waals surface area (Å²) in [5.41, 5.74) is 4.75. The number of benzene rings is 2. The summed E-state index contributed by atoms with van der Waals surface area (Å²) in [5, 5.41) is 7.42. The van der Waals surface area contributed by atoms with E-state index in [9.17, 15) is 40.3 Å². The predicted octanol–water partition coefficient (Wildman–Crippen LogP) is -3.61. The van der Waals surface area contributed by atoms with Crippen molar-refractivity contribution in [3.05, 3.63) is 59.7 Å². The minimum atomic E-state index is -4.21. The summed E-state index contributed by atoms with van der Waals surface area (Å²) >= 11 is 0. The number of rotatable bonds is 11. The summed E-state index contributed by atoms with van der Waals surface area (Å²) in [7, 11) is -21.6. The van der Waals surface area contributed by atoms with Gasteiger partial charge in [0.1, 0.15) is 12.2 Å². The Morgan fingerprint density at radius 3 is 1.73 bits per heavy atom. The molecule has 0 aliphatic carbocycles. The molecule has 0 saturated carbocycles. The van der Waals surface area contributed by atoms with Gasteiger partial charge < -0.3 is 29.2 Å². The van der Waals surface area contributed by atoms with E-state index in [2.05, 4.69) is 21.3 Å². The van der Waals surface area contributed by atoms with Gasteiger partial charge in [0, 0.05) is 37.1 Å². The number of fused-ring (bicyclic) bond motifs is 2. The molecule has 3 aliphatic heterocycles. The van der Waals surface area contributed by atoms with Gasteiger partial charge in [0.05, 0.1) is 34.8 Å². The van der Waals surface area contributed by atoms with Crippen molar-refractivity contribution >= 4 is 85.4 Å². The van der Waals surface area contributed by atoms with Gasteiger partial charge in [-0.3, -0.25) is 23.1 Å². The van der Waals surface area contributed by atoms with Gasteiger partial charge >= 0.3 is 139 Å². The van der Waals surface area contributed by atoms with Crippen LogP contribution < -0.4 is 103 Å². The molecule has 1 saturated heterocycles. The summed E-state index contributed by atoms with van der Waals surface area (Å²) in [4.78, 5) is 49.9. The van der Waals surface area contributed by atoms with Crippen molar-refractivity contribution in [1.29, 1.82) is 0 Å². The van der Waals surface area contributed by atoms with Crippen molar-refractivity contribution < 1.29 is 197 Å². The van der Waals surface area contributed by atoms with Crippen molar-refractivity contribution in [2.24, 2.45) is 4.99 Å². The zero-order valence-corrected chi connectivity index (χ0v) is 47.5. The molecule has 0 bridgehead atoms. The third-order valence-corrected chi connectivity index (χ3v) is 13.1. The minimum Gasteiger partial charge on any atom is -0.748 e. The smallest absolute Gasteiger partial charge is 0.748 e. The molecule has 3 aliphatic rings. The van der Waals surface area contributed by atoms with Crippen molar-refractivity contribution in [1.82, 2.24) is 0 Å².